The van der Waals surface area contributed by atoms with Crippen molar-refractivity contribution < 1.29 is 9.53 Å². The molecule has 22 heavy (non-hydrogen) atoms. The molecule has 0 aliphatic carbocycles. The summed E-state index contributed by atoms with van der Waals surface area (Å²) in [4.78, 5) is 14.3. The lowest BCUT2D eigenvalue weighted by molar-refractivity contribution is -0.116. The molecule has 1 aromatic carbocycles. The van der Waals surface area contributed by atoms with Gasteiger partial charge in [0.15, 0.2) is 0 Å². The molecule has 1 aromatic rings. The van der Waals surface area contributed by atoms with Crippen molar-refractivity contribution in [2.75, 3.05) is 51.3 Å². The van der Waals surface area contributed by atoms with Crippen molar-refractivity contribution in [2.45, 2.75) is 20.3 Å². The Morgan fingerprint density at radius 2 is 1.82 bits per heavy atom. The first-order valence-electron chi connectivity index (χ1n) is 8.02. The molecule has 0 aromatic heterocycles. The van der Waals surface area contributed by atoms with Gasteiger partial charge in [0.05, 0.1) is 13.2 Å². The average molecular weight is 305 g/mol. The van der Waals surface area contributed by atoms with E-state index in [-0.39, 0.29) is 5.91 Å². The van der Waals surface area contributed by atoms with Crippen LogP contribution >= 0.6 is 0 Å². The SMILES string of the molecule is Cc1cc(C)cc(NC(=O)CCNCCN2CCOCC2)c1. The molecule has 1 saturated heterocycles. The Labute approximate surface area is 133 Å². The predicted octanol–water partition coefficient (Wildman–Crippen LogP) is 1.55. The topological polar surface area (TPSA) is 53.6 Å². The summed E-state index contributed by atoms with van der Waals surface area (Å²) < 4.78 is 5.32. The highest BCUT2D eigenvalue weighted by atomic mass is 16.5. The van der Waals surface area contributed by atoms with E-state index in [1.165, 1.54) is 11.1 Å². The lowest BCUT2D eigenvalue weighted by Crippen LogP contribution is -2.40. The number of ether oxygens (including phenoxy) is 1. The van der Waals surface area contributed by atoms with Crippen LogP contribution in [0, 0.1) is 13.8 Å². The van der Waals surface area contributed by atoms with Crippen molar-refractivity contribution in [3.05, 3.63) is 29.3 Å². The van der Waals surface area contributed by atoms with Crippen molar-refractivity contribution in [1.29, 1.82) is 0 Å². The van der Waals surface area contributed by atoms with Gasteiger partial charge in [-0.05, 0) is 37.1 Å². The van der Waals surface area contributed by atoms with Crippen LogP contribution in [0.4, 0.5) is 5.69 Å². The molecule has 5 heteroatoms. The number of carbonyl (C=O) groups is 1. The predicted molar refractivity (Wildman–Crippen MR) is 89.3 cm³/mol. The summed E-state index contributed by atoms with van der Waals surface area (Å²) in [6.45, 7) is 10.4. The van der Waals surface area contributed by atoms with Crippen molar-refractivity contribution >= 4 is 11.6 Å². The Bertz CT molecular complexity index is 465. The summed E-state index contributed by atoms with van der Waals surface area (Å²) in [5, 5.41) is 6.29. The number of amides is 1. The van der Waals surface area contributed by atoms with Crippen molar-refractivity contribution in [3.8, 4) is 0 Å². The van der Waals surface area contributed by atoms with E-state index in [0.717, 1.165) is 45.1 Å². The van der Waals surface area contributed by atoms with Crippen LogP contribution in [0.5, 0.6) is 0 Å². The standard InChI is InChI=1S/C17H27N3O2/c1-14-11-15(2)13-16(12-14)19-17(21)3-4-18-5-6-20-7-9-22-10-8-20/h11-13,18H,3-10H2,1-2H3,(H,19,21). The third-order valence-electron chi connectivity index (χ3n) is 3.74. The Morgan fingerprint density at radius 1 is 1.14 bits per heavy atom. The van der Waals surface area contributed by atoms with Crippen LogP contribution in [0.15, 0.2) is 18.2 Å². The van der Waals surface area contributed by atoms with E-state index < -0.39 is 0 Å². The first kappa shape index (κ1) is 16.9. The summed E-state index contributed by atoms with van der Waals surface area (Å²) >= 11 is 0. The Morgan fingerprint density at radius 3 is 2.50 bits per heavy atom. The van der Waals surface area contributed by atoms with E-state index in [1.54, 1.807) is 0 Å². The fourth-order valence-electron chi connectivity index (χ4n) is 2.66. The summed E-state index contributed by atoms with van der Waals surface area (Å²) in [5.41, 5.74) is 3.22. The van der Waals surface area contributed by atoms with E-state index in [1.807, 2.05) is 26.0 Å². The summed E-state index contributed by atoms with van der Waals surface area (Å²) in [7, 11) is 0. The van der Waals surface area contributed by atoms with Crippen molar-refractivity contribution in [2.24, 2.45) is 0 Å². The van der Waals surface area contributed by atoms with Gasteiger partial charge in [-0.25, -0.2) is 0 Å². The fourth-order valence-corrected chi connectivity index (χ4v) is 2.66. The molecule has 1 fully saturated rings. The van der Waals surface area contributed by atoms with Gasteiger partial charge in [-0.3, -0.25) is 9.69 Å². The lowest BCUT2D eigenvalue weighted by atomic mass is 10.1. The highest BCUT2D eigenvalue weighted by molar-refractivity contribution is 5.91. The van der Waals surface area contributed by atoms with Crippen LogP contribution in [0.1, 0.15) is 17.5 Å². The normalized spacial score (nSPS) is 15.7. The van der Waals surface area contributed by atoms with Crippen molar-refractivity contribution in [3.63, 3.8) is 0 Å². The Kier molecular flexibility index (Phi) is 6.83. The number of carbonyl (C=O) groups excluding carboxylic acids is 1. The molecular weight excluding hydrogens is 278 g/mol. The monoisotopic (exact) mass is 305 g/mol. The van der Waals surface area contributed by atoms with E-state index >= 15 is 0 Å². The largest absolute Gasteiger partial charge is 0.379 e. The minimum Gasteiger partial charge on any atom is -0.379 e. The molecule has 1 amide bonds. The number of nitrogens with zero attached hydrogens (tertiary/aromatic N) is 1. The second-order valence-electron chi connectivity index (χ2n) is 5.88. The highest BCUT2D eigenvalue weighted by Crippen LogP contribution is 2.13. The Hall–Kier alpha value is -1.43. The molecule has 122 valence electrons. The second kappa shape index (κ2) is 8.88. The zero-order valence-electron chi connectivity index (χ0n) is 13.7. The van der Waals surface area contributed by atoms with Crippen LogP contribution in [0.25, 0.3) is 0 Å². The van der Waals surface area contributed by atoms with Crippen LogP contribution in [0.3, 0.4) is 0 Å². The quantitative estimate of drug-likeness (QED) is 0.751. The van der Waals surface area contributed by atoms with Gasteiger partial charge in [-0.15, -0.1) is 0 Å². The number of hydrogen-bond acceptors (Lipinski definition) is 4. The Balaban J connectivity index is 1.59. The van der Waals surface area contributed by atoms with Crippen LogP contribution in [-0.2, 0) is 9.53 Å². The number of nitrogens with one attached hydrogen (secondary N) is 2. The molecule has 1 aliphatic rings. The molecule has 0 unspecified atom stereocenters. The van der Waals surface area contributed by atoms with Gasteiger partial charge in [-0.1, -0.05) is 6.07 Å². The van der Waals surface area contributed by atoms with E-state index in [0.29, 0.717) is 13.0 Å². The maximum atomic E-state index is 11.9. The number of benzene rings is 1. The molecule has 1 heterocycles. The van der Waals surface area contributed by atoms with Gasteiger partial charge in [0.2, 0.25) is 5.91 Å². The van der Waals surface area contributed by atoms with Crippen molar-refractivity contribution in [1.82, 2.24) is 10.2 Å². The van der Waals surface area contributed by atoms with Gasteiger partial charge in [-0.2, -0.15) is 0 Å². The minimum atomic E-state index is 0.0591. The van der Waals surface area contributed by atoms with Crippen LogP contribution in [-0.4, -0.2) is 56.7 Å². The zero-order chi connectivity index (χ0) is 15.8. The number of morpholine rings is 1. The van der Waals surface area contributed by atoms with E-state index in [9.17, 15) is 4.79 Å². The molecular formula is C17H27N3O2. The average Bonchev–Trinajstić information content (AvgIpc) is 2.47. The maximum Gasteiger partial charge on any atom is 0.225 e. The zero-order valence-corrected chi connectivity index (χ0v) is 13.7. The lowest BCUT2D eigenvalue weighted by Gasteiger charge is -2.26. The van der Waals surface area contributed by atoms with Gasteiger partial charge in [0.1, 0.15) is 0 Å². The fraction of sp³-hybridized carbons (Fsp3) is 0.588. The molecule has 0 spiro atoms. The molecule has 0 atom stereocenters. The summed E-state index contributed by atoms with van der Waals surface area (Å²) in [6.07, 6.45) is 0.496. The molecule has 2 N–H and O–H groups in total. The number of anilines is 1. The third-order valence-corrected chi connectivity index (χ3v) is 3.74. The van der Waals surface area contributed by atoms with Gasteiger partial charge in [0.25, 0.3) is 0 Å². The van der Waals surface area contributed by atoms with Crippen LogP contribution in [0.2, 0.25) is 0 Å². The molecule has 0 bridgehead atoms. The second-order valence-corrected chi connectivity index (χ2v) is 5.88. The van der Waals surface area contributed by atoms with E-state index in [4.69, 9.17) is 4.74 Å². The van der Waals surface area contributed by atoms with Gasteiger partial charge < -0.3 is 15.4 Å². The highest BCUT2D eigenvalue weighted by Gasteiger charge is 2.09. The van der Waals surface area contributed by atoms with Crippen LogP contribution < -0.4 is 10.6 Å². The van der Waals surface area contributed by atoms with E-state index in [2.05, 4.69) is 21.6 Å². The first-order chi connectivity index (χ1) is 10.6. The number of aryl methyl sites for hydroxylation is 2. The van der Waals surface area contributed by atoms with Gasteiger partial charge in [0, 0.05) is 44.8 Å². The third kappa shape index (κ3) is 6.13. The molecule has 5 nitrogen and oxygen atoms in total. The molecule has 0 saturated carbocycles. The molecule has 0 radical (unpaired) electrons. The summed E-state index contributed by atoms with van der Waals surface area (Å²) in [5.74, 6) is 0.0591. The smallest absolute Gasteiger partial charge is 0.225 e. The molecule has 1 aliphatic heterocycles. The minimum absolute atomic E-state index is 0.0591. The molecule has 2 rings (SSSR count). The maximum absolute atomic E-state index is 11.9. The number of hydrogen-bond donors (Lipinski definition) is 2. The summed E-state index contributed by atoms with van der Waals surface area (Å²) in [6, 6.07) is 6.09. The number of rotatable bonds is 7. The van der Waals surface area contributed by atoms with Gasteiger partial charge >= 0.3 is 0 Å². The first-order valence-corrected chi connectivity index (χ1v) is 8.02.